The van der Waals surface area contributed by atoms with E-state index in [4.69, 9.17) is 14.2 Å². The number of hydrogen-bond donors (Lipinski definition) is 0. The van der Waals surface area contributed by atoms with Crippen LogP contribution in [0.4, 0.5) is 0 Å². The summed E-state index contributed by atoms with van der Waals surface area (Å²) in [6.07, 6.45) is 10.4. The van der Waals surface area contributed by atoms with Crippen molar-refractivity contribution < 1.29 is 23.8 Å². The molecule has 0 radical (unpaired) electrons. The van der Waals surface area contributed by atoms with Crippen LogP contribution in [-0.4, -0.2) is 62.3 Å². The van der Waals surface area contributed by atoms with E-state index in [1.165, 1.54) is 18.4 Å². The smallest absolute Gasteiger partial charge is 0.245 e. The molecular formula is C33H44N2O5. The first kappa shape index (κ1) is 29.8. The maximum atomic E-state index is 12.6. The SMILES string of the molecule is CCCOc1ccc(C(=O)CCCCCC(=O)N=CC(CCN2CCCC2)Cc2ccc3c(c2)OCCO3)cc1. The van der Waals surface area contributed by atoms with Crippen LogP contribution in [-0.2, 0) is 11.2 Å². The first-order valence-electron chi connectivity index (χ1n) is 15.0. The van der Waals surface area contributed by atoms with Gasteiger partial charge in [0.1, 0.15) is 19.0 Å². The van der Waals surface area contributed by atoms with E-state index in [1.807, 2.05) is 36.5 Å². The summed E-state index contributed by atoms with van der Waals surface area (Å²) < 4.78 is 17.0. The van der Waals surface area contributed by atoms with Crippen molar-refractivity contribution >= 4 is 17.9 Å². The minimum absolute atomic E-state index is 0.0812. The third-order valence-electron chi connectivity index (χ3n) is 7.49. The first-order chi connectivity index (χ1) is 19.6. The lowest BCUT2D eigenvalue weighted by molar-refractivity contribution is -0.117. The Kier molecular flexibility index (Phi) is 12.0. The lowest BCUT2D eigenvalue weighted by Gasteiger charge is -2.21. The molecule has 1 unspecified atom stereocenters. The number of fused-ring (bicyclic) bond motifs is 1. The number of carbonyl (C=O) groups excluding carboxylic acids is 2. The predicted molar refractivity (Wildman–Crippen MR) is 158 cm³/mol. The summed E-state index contributed by atoms with van der Waals surface area (Å²) in [7, 11) is 0. The number of hydrogen-bond acceptors (Lipinski definition) is 6. The average Bonchev–Trinajstić information content (AvgIpc) is 3.51. The third kappa shape index (κ3) is 9.77. The van der Waals surface area contributed by atoms with Crippen LogP contribution >= 0.6 is 0 Å². The minimum Gasteiger partial charge on any atom is -0.494 e. The topological polar surface area (TPSA) is 77.4 Å². The molecule has 216 valence electrons. The fraction of sp³-hybridized carbons (Fsp3) is 0.545. The number of aliphatic imine (C=N–C) groups is 1. The summed E-state index contributed by atoms with van der Waals surface area (Å²) >= 11 is 0. The van der Waals surface area contributed by atoms with Gasteiger partial charge in [-0.15, -0.1) is 0 Å². The molecule has 2 aliphatic heterocycles. The minimum atomic E-state index is -0.0812. The molecule has 4 rings (SSSR count). The fourth-order valence-electron chi connectivity index (χ4n) is 5.19. The van der Waals surface area contributed by atoms with Crippen LogP contribution in [0.5, 0.6) is 17.2 Å². The summed E-state index contributed by atoms with van der Waals surface area (Å²) in [6, 6.07) is 13.5. The Hall–Kier alpha value is -3.19. The van der Waals surface area contributed by atoms with Crippen molar-refractivity contribution in [1.29, 1.82) is 0 Å². The zero-order valence-electron chi connectivity index (χ0n) is 23.9. The molecule has 0 spiro atoms. The molecule has 0 saturated carbocycles. The van der Waals surface area contributed by atoms with Crippen molar-refractivity contribution in [3.05, 3.63) is 53.6 Å². The highest BCUT2D eigenvalue weighted by Gasteiger charge is 2.17. The summed E-state index contributed by atoms with van der Waals surface area (Å²) in [4.78, 5) is 31.9. The summed E-state index contributed by atoms with van der Waals surface area (Å²) in [5.74, 6) is 2.62. The number of amides is 1. The molecule has 1 saturated heterocycles. The van der Waals surface area contributed by atoms with Gasteiger partial charge in [0.2, 0.25) is 5.91 Å². The quantitative estimate of drug-likeness (QED) is 0.139. The molecule has 0 aliphatic carbocycles. The highest BCUT2D eigenvalue weighted by molar-refractivity contribution is 5.96. The van der Waals surface area contributed by atoms with E-state index in [0.717, 1.165) is 75.4 Å². The van der Waals surface area contributed by atoms with Crippen molar-refractivity contribution in [3.63, 3.8) is 0 Å². The van der Waals surface area contributed by atoms with E-state index in [0.29, 0.717) is 38.2 Å². The monoisotopic (exact) mass is 548 g/mol. The zero-order valence-corrected chi connectivity index (χ0v) is 23.9. The Morgan fingerprint density at radius 2 is 1.73 bits per heavy atom. The number of carbonyl (C=O) groups is 2. The Labute approximate surface area is 238 Å². The highest BCUT2D eigenvalue weighted by Crippen LogP contribution is 2.31. The van der Waals surface area contributed by atoms with Crippen LogP contribution in [0.3, 0.4) is 0 Å². The van der Waals surface area contributed by atoms with Crippen molar-refractivity contribution in [2.75, 3.05) is 39.5 Å². The maximum Gasteiger partial charge on any atom is 0.245 e. The molecular weight excluding hydrogens is 504 g/mol. The van der Waals surface area contributed by atoms with Crippen LogP contribution in [0.2, 0.25) is 0 Å². The van der Waals surface area contributed by atoms with Crippen molar-refractivity contribution in [2.24, 2.45) is 10.9 Å². The standard InChI is InChI=1S/C33H44N2O5/c1-2-20-38-29-13-11-28(12-14-29)30(36)8-4-3-5-9-33(37)34-25-27(16-19-35-17-6-7-18-35)23-26-10-15-31-32(24-26)40-22-21-39-31/h10-15,24-25,27H,2-9,16-23H2,1H3. The molecule has 2 heterocycles. The van der Waals surface area contributed by atoms with Gasteiger partial charge >= 0.3 is 0 Å². The lowest BCUT2D eigenvalue weighted by atomic mass is 9.96. The molecule has 7 heteroatoms. The first-order valence-corrected chi connectivity index (χ1v) is 15.0. The second-order valence-electron chi connectivity index (χ2n) is 10.8. The Bertz CT molecular complexity index is 1110. The van der Waals surface area contributed by atoms with Crippen molar-refractivity contribution in [3.8, 4) is 17.2 Å². The van der Waals surface area contributed by atoms with Gasteiger partial charge in [-0.3, -0.25) is 9.59 Å². The van der Waals surface area contributed by atoms with Crippen LogP contribution < -0.4 is 14.2 Å². The summed E-state index contributed by atoms with van der Waals surface area (Å²) in [5, 5.41) is 0. The number of Topliss-reactive ketones (excluding diaryl/α,β-unsaturated/α-hetero) is 1. The van der Waals surface area contributed by atoms with Gasteiger partial charge in [0.05, 0.1) is 6.61 Å². The Balaban J connectivity index is 1.20. The van der Waals surface area contributed by atoms with Gasteiger partial charge in [0.25, 0.3) is 0 Å². The number of rotatable bonds is 16. The third-order valence-corrected chi connectivity index (χ3v) is 7.49. The van der Waals surface area contributed by atoms with Gasteiger partial charge in [0.15, 0.2) is 17.3 Å². The average molecular weight is 549 g/mol. The van der Waals surface area contributed by atoms with E-state index in [9.17, 15) is 9.59 Å². The predicted octanol–water partition coefficient (Wildman–Crippen LogP) is 6.32. The second-order valence-corrected chi connectivity index (χ2v) is 10.8. The van der Waals surface area contributed by atoms with Gasteiger partial charge < -0.3 is 19.1 Å². The largest absolute Gasteiger partial charge is 0.494 e. The van der Waals surface area contributed by atoms with E-state index < -0.39 is 0 Å². The highest BCUT2D eigenvalue weighted by atomic mass is 16.6. The number of unbranched alkanes of at least 4 members (excludes halogenated alkanes) is 2. The Morgan fingerprint density at radius 3 is 2.50 bits per heavy atom. The van der Waals surface area contributed by atoms with Gasteiger partial charge in [-0.05, 0) is 112 Å². The van der Waals surface area contributed by atoms with Gasteiger partial charge in [0, 0.05) is 24.6 Å². The molecule has 0 N–H and O–H groups in total. The molecule has 1 atom stereocenters. The Morgan fingerprint density at radius 1 is 0.975 bits per heavy atom. The summed E-state index contributed by atoms with van der Waals surface area (Å²) in [6.45, 7) is 7.24. The normalized spacial score (nSPS) is 15.8. The van der Waals surface area contributed by atoms with Gasteiger partial charge in [-0.2, -0.15) is 0 Å². The van der Waals surface area contributed by atoms with Crippen molar-refractivity contribution in [2.45, 2.75) is 71.1 Å². The van der Waals surface area contributed by atoms with E-state index in [1.54, 1.807) is 0 Å². The molecule has 2 aliphatic rings. The fourth-order valence-corrected chi connectivity index (χ4v) is 5.19. The molecule has 1 amide bonds. The number of ether oxygens (including phenoxy) is 3. The zero-order chi connectivity index (χ0) is 28.0. The number of likely N-dealkylation sites (tertiary alicyclic amines) is 1. The lowest BCUT2D eigenvalue weighted by Crippen LogP contribution is -2.24. The maximum absolute atomic E-state index is 12.6. The molecule has 0 aromatic heterocycles. The molecule has 1 fully saturated rings. The van der Waals surface area contributed by atoms with Crippen LogP contribution in [0.15, 0.2) is 47.5 Å². The second kappa shape index (κ2) is 16.2. The van der Waals surface area contributed by atoms with Gasteiger partial charge in [-0.25, -0.2) is 4.99 Å². The van der Waals surface area contributed by atoms with Crippen molar-refractivity contribution in [1.82, 2.24) is 4.90 Å². The van der Waals surface area contributed by atoms with Crippen LogP contribution in [0, 0.1) is 5.92 Å². The molecule has 2 aromatic rings. The van der Waals surface area contributed by atoms with E-state index >= 15 is 0 Å². The molecule has 7 nitrogen and oxygen atoms in total. The number of ketones is 1. The summed E-state index contributed by atoms with van der Waals surface area (Å²) in [5.41, 5.74) is 1.88. The van der Waals surface area contributed by atoms with Gasteiger partial charge in [-0.1, -0.05) is 19.4 Å². The molecule has 0 bridgehead atoms. The van der Waals surface area contributed by atoms with Crippen LogP contribution in [0.1, 0.15) is 80.6 Å². The molecule has 2 aromatic carbocycles. The number of benzene rings is 2. The van der Waals surface area contributed by atoms with Crippen LogP contribution in [0.25, 0.3) is 0 Å². The molecule has 40 heavy (non-hydrogen) atoms. The van der Waals surface area contributed by atoms with E-state index in [-0.39, 0.29) is 17.6 Å². The van der Waals surface area contributed by atoms with E-state index in [2.05, 4.69) is 28.9 Å². The number of nitrogens with zero attached hydrogens (tertiary/aromatic N) is 2.